The van der Waals surface area contributed by atoms with Gasteiger partial charge < -0.3 is 13.5 Å². The highest BCUT2D eigenvalue weighted by Gasteiger charge is 2.29. The molecule has 1 heterocycles. The third-order valence-corrected chi connectivity index (χ3v) is 5.29. The monoisotopic (exact) mass is 322 g/mol. The van der Waals surface area contributed by atoms with E-state index in [1.165, 1.54) is 0 Å². The standard InChI is InChI=1S/C14H24ClO4P/c1-6-17-20(16,18-7-2)9-13-11(5)19-14(10(3)4)12(13)8-15/h10H,6-9H2,1-5H3. The Balaban J connectivity index is 3.15. The van der Waals surface area contributed by atoms with Crippen LogP contribution in [0, 0.1) is 6.92 Å². The Morgan fingerprint density at radius 1 is 1.20 bits per heavy atom. The van der Waals surface area contributed by atoms with E-state index in [0.29, 0.717) is 19.1 Å². The minimum Gasteiger partial charge on any atom is -0.465 e. The van der Waals surface area contributed by atoms with E-state index >= 15 is 0 Å². The summed E-state index contributed by atoms with van der Waals surface area (Å²) in [5.41, 5.74) is 1.77. The van der Waals surface area contributed by atoms with E-state index in [0.717, 1.165) is 22.6 Å². The zero-order valence-corrected chi connectivity index (χ0v) is 14.5. The second-order valence-corrected chi connectivity index (χ2v) is 7.19. The van der Waals surface area contributed by atoms with Gasteiger partial charge in [-0.05, 0) is 20.8 Å². The van der Waals surface area contributed by atoms with Crippen LogP contribution in [0.1, 0.15) is 56.3 Å². The number of halogens is 1. The normalized spacial score (nSPS) is 12.3. The second-order valence-electron chi connectivity index (χ2n) is 4.87. The smallest absolute Gasteiger partial charge is 0.335 e. The van der Waals surface area contributed by atoms with Gasteiger partial charge in [-0.25, -0.2) is 0 Å². The molecule has 116 valence electrons. The van der Waals surface area contributed by atoms with Crippen molar-refractivity contribution in [2.45, 2.75) is 52.6 Å². The lowest BCUT2D eigenvalue weighted by Gasteiger charge is -2.17. The fourth-order valence-corrected chi connectivity index (χ4v) is 4.32. The van der Waals surface area contributed by atoms with Crippen molar-refractivity contribution in [3.63, 3.8) is 0 Å². The van der Waals surface area contributed by atoms with Crippen molar-refractivity contribution in [2.24, 2.45) is 0 Å². The minimum atomic E-state index is -3.14. The Hall–Kier alpha value is -0.280. The molecule has 0 aliphatic rings. The molecule has 0 saturated heterocycles. The molecular formula is C14H24ClO4P. The maximum Gasteiger partial charge on any atom is 0.335 e. The summed E-state index contributed by atoms with van der Waals surface area (Å²) in [6.07, 6.45) is 0.207. The van der Waals surface area contributed by atoms with Crippen LogP contribution in [0.3, 0.4) is 0 Å². The third kappa shape index (κ3) is 4.11. The molecule has 0 N–H and O–H groups in total. The van der Waals surface area contributed by atoms with Crippen LogP contribution >= 0.6 is 19.2 Å². The molecule has 1 aromatic rings. The summed E-state index contributed by atoms with van der Waals surface area (Å²) in [4.78, 5) is 0. The van der Waals surface area contributed by atoms with Crippen LogP contribution in [0.15, 0.2) is 4.42 Å². The third-order valence-electron chi connectivity index (χ3n) is 3.01. The van der Waals surface area contributed by atoms with E-state index in [2.05, 4.69) is 0 Å². The zero-order valence-electron chi connectivity index (χ0n) is 12.9. The van der Waals surface area contributed by atoms with Crippen molar-refractivity contribution in [3.05, 3.63) is 22.6 Å². The van der Waals surface area contributed by atoms with Crippen LogP contribution in [-0.2, 0) is 25.7 Å². The molecule has 0 aliphatic heterocycles. The number of rotatable bonds is 8. The van der Waals surface area contributed by atoms with Crippen molar-refractivity contribution < 1.29 is 18.0 Å². The Morgan fingerprint density at radius 3 is 2.15 bits per heavy atom. The molecule has 1 aromatic heterocycles. The first-order valence-electron chi connectivity index (χ1n) is 6.93. The molecule has 4 nitrogen and oxygen atoms in total. The predicted octanol–water partition coefficient (Wildman–Crippen LogP) is 5.22. The van der Waals surface area contributed by atoms with Crippen LogP contribution in [0.5, 0.6) is 0 Å². The molecule has 0 bridgehead atoms. The van der Waals surface area contributed by atoms with E-state index < -0.39 is 7.60 Å². The average molecular weight is 323 g/mol. The highest BCUT2D eigenvalue weighted by molar-refractivity contribution is 7.53. The lowest BCUT2D eigenvalue weighted by atomic mass is 10.0. The molecule has 0 saturated carbocycles. The van der Waals surface area contributed by atoms with Gasteiger partial charge in [-0.3, -0.25) is 4.57 Å². The molecule has 0 aromatic carbocycles. The van der Waals surface area contributed by atoms with Crippen LogP contribution in [0.25, 0.3) is 0 Å². The van der Waals surface area contributed by atoms with Gasteiger partial charge in [0.25, 0.3) is 0 Å². The lowest BCUT2D eigenvalue weighted by molar-refractivity contribution is 0.219. The first-order valence-corrected chi connectivity index (χ1v) is 9.19. The van der Waals surface area contributed by atoms with Gasteiger partial charge in [0, 0.05) is 17.0 Å². The number of furan rings is 1. The molecule has 0 fully saturated rings. The van der Waals surface area contributed by atoms with Gasteiger partial charge in [-0.2, -0.15) is 0 Å². The van der Waals surface area contributed by atoms with Crippen molar-refractivity contribution >= 4 is 19.2 Å². The van der Waals surface area contributed by atoms with Crippen molar-refractivity contribution in [1.82, 2.24) is 0 Å². The van der Waals surface area contributed by atoms with E-state index in [4.69, 9.17) is 25.1 Å². The maximum absolute atomic E-state index is 12.7. The Morgan fingerprint density at radius 2 is 1.75 bits per heavy atom. The summed E-state index contributed by atoms with van der Waals surface area (Å²) in [5.74, 6) is 2.16. The average Bonchev–Trinajstić information content (AvgIpc) is 2.67. The highest BCUT2D eigenvalue weighted by atomic mass is 35.5. The summed E-state index contributed by atoms with van der Waals surface area (Å²) in [7, 11) is -3.14. The number of aryl methyl sites for hydroxylation is 1. The molecular weight excluding hydrogens is 299 g/mol. The van der Waals surface area contributed by atoms with Gasteiger partial charge in [0.1, 0.15) is 11.5 Å². The van der Waals surface area contributed by atoms with E-state index in [9.17, 15) is 4.57 Å². The van der Waals surface area contributed by atoms with Crippen LogP contribution < -0.4 is 0 Å². The van der Waals surface area contributed by atoms with Crippen LogP contribution in [0.2, 0.25) is 0 Å². The first-order chi connectivity index (χ1) is 9.38. The van der Waals surface area contributed by atoms with Gasteiger partial charge in [-0.15, -0.1) is 11.6 Å². The minimum absolute atomic E-state index is 0.207. The molecule has 0 radical (unpaired) electrons. The molecule has 20 heavy (non-hydrogen) atoms. The lowest BCUT2D eigenvalue weighted by Crippen LogP contribution is -2.01. The van der Waals surface area contributed by atoms with Crippen LogP contribution in [0.4, 0.5) is 0 Å². The molecule has 0 aliphatic carbocycles. The second kappa shape index (κ2) is 7.65. The first kappa shape index (κ1) is 17.8. The summed E-state index contributed by atoms with van der Waals surface area (Å²) in [6, 6.07) is 0. The predicted molar refractivity (Wildman–Crippen MR) is 81.7 cm³/mol. The van der Waals surface area contributed by atoms with Gasteiger partial charge in [0.15, 0.2) is 0 Å². The summed E-state index contributed by atoms with van der Waals surface area (Å²) in [6.45, 7) is 10.2. The molecule has 6 heteroatoms. The van der Waals surface area contributed by atoms with E-state index in [1.807, 2.05) is 20.8 Å². The quantitative estimate of drug-likeness (QED) is 0.486. The van der Waals surface area contributed by atoms with Crippen molar-refractivity contribution in [1.29, 1.82) is 0 Å². The number of alkyl halides is 1. The maximum atomic E-state index is 12.7. The van der Waals surface area contributed by atoms with Gasteiger partial charge >= 0.3 is 7.60 Å². The summed E-state index contributed by atoms with van der Waals surface area (Å²) in [5, 5.41) is 0. The number of hydrogen-bond acceptors (Lipinski definition) is 4. The topological polar surface area (TPSA) is 48.7 Å². The summed E-state index contributed by atoms with van der Waals surface area (Å²) >= 11 is 6.05. The summed E-state index contributed by atoms with van der Waals surface area (Å²) < 4.78 is 29.1. The van der Waals surface area contributed by atoms with E-state index in [-0.39, 0.29) is 12.1 Å². The highest BCUT2D eigenvalue weighted by Crippen LogP contribution is 2.53. The molecule has 0 atom stereocenters. The Kier molecular flexibility index (Phi) is 6.80. The largest absolute Gasteiger partial charge is 0.465 e. The number of hydrogen-bond donors (Lipinski definition) is 0. The van der Waals surface area contributed by atoms with Gasteiger partial charge in [-0.1, -0.05) is 13.8 Å². The zero-order chi connectivity index (χ0) is 15.3. The van der Waals surface area contributed by atoms with Crippen LogP contribution in [-0.4, -0.2) is 13.2 Å². The molecule has 0 spiro atoms. The van der Waals surface area contributed by atoms with Gasteiger partial charge in [0.2, 0.25) is 0 Å². The fourth-order valence-electron chi connectivity index (χ4n) is 2.18. The van der Waals surface area contributed by atoms with Crippen molar-refractivity contribution in [3.8, 4) is 0 Å². The molecule has 1 rings (SSSR count). The van der Waals surface area contributed by atoms with E-state index in [1.54, 1.807) is 13.8 Å². The van der Waals surface area contributed by atoms with Crippen molar-refractivity contribution in [2.75, 3.05) is 13.2 Å². The van der Waals surface area contributed by atoms with Gasteiger partial charge in [0.05, 0.1) is 25.3 Å². The Labute approximate surface area is 126 Å². The SMILES string of the molecule is CCOP(=O)(Cc1c(C)oc(C(C)C)c1CCl)OCC. The molecule has 0 amide bonds. The Bertz CT molecular complexity index is 472. The molecule has 0 unspecified atom stereocenters. The fraction of sp³-hybridized carbons (Fsp3) is 0.714.